The van der Waals surface area contributed by atoms with Crippen LogP contribution in [0, 0.1) is 5.92 Å². The number of para-hydroxylation sites is 1. The van der Waals surface area contributed by atoms with E-state index in [2.05, 4.69) is 20.2 Å². The molecular formula is C21H21F3N4O. The van der Waals surface area contributed by atoms with E-state index in [0.29, 0.717) is 11.7 Å². The first-order chi connectivity index (χ1) is 13.9. The lowest BCUT2D eigenvalue weighted by Crippen LogP contribution is -2.46. The number of nitrogens with zero attached hydrogens (tertiary/aromatic N) is 2. The highest BCUT2D eigenvalue weighted by Gasteiger charge is 2.47. The van der Waals surface area contributed by atoms with Crippen LogP contribution in [0.5, 0.6) is 0 Å². The van der Waals surface area contributed by atoms with Crippen LogP contribution in [0.3, 0.4) is 0 Å². The molecule has 5 rings (SSSR count). The maximum Gasteiger partial charge on any atom is 0.417 e. The Hall–Kier alpha value is -2.58. The van der Waals surface area contributed by atoms with Gasteiger partial charge < -0.3 is 15.4 Å². The van der Waals surface area contributed by atoms with Gasteiger partial charge in [-0.15, -0.1) is 0 Å². The number of nitrogens with one attached hydrogen (secondary N) is 2. The average molecular weight is 402 g/mol. The van der Waals surface area contributed by atoms with Crippen molar-refractivity contribution < 1.29 is 18.3 Å². The Balaban J connectivity index is 1.34. The quantitative estimate of drug-likeness (QED) is 0.614. The van der Waals surface area contributed by atoms with Crippen LogP contribution in [-0.2, 0) is 6.18 Å². The van der Waals surface area contributed by atoms with E-state index in [4.69, 9.17) is 0 Å². The molecule has 3 heterocycles. The smallest absolute Gasteiger partial charge is 0.374 e. The van der Waals surface area contributed by atoms with E-state index in [9.17, 15) is 18.3 Å². The van der Waals surface area contributed by atoms with Gasteiger partial charge in [0.15, 0.2) is 0 Å². The van der Waals surface area contributed by atoms with Crippen molar-refractivity contribution in [1.29, 1.82) is 0 Å². The molecule has 5 nitrogen and oxygen atoms in total. The van der Waals surface area contributed by atoms with Gasteiger partial charge >= 0.3 is 6.18 Å². The molecule has 2 aromatic heterocycles. The van der Waals surface area contributed by atoms with Crippen LogP contribution >= 0.6 is 0 Å². The van der Waals surface area contributed by atoms with Gasteiger partial charge in [-0.3, -0.25) is 4.90 Å². The fourth-order valence-electron chi connectivity index (χ4n) is 4.84. The number of aliphatic hydroxyl groups is 1. The molecule has 0 radical (unpaired) electrons. The molecular weight excluding hydrogens is 381 g/mol. The molecule has 152 valence electrons. The van der Waals surface area contributed by atoms with Crippen molar-refractivity contribution in [2.75, 3.05) is 11.9 Å². The minimum atomic E-state index is -4.39. The summed E-state index contributed by atoms with van der Waals surface area (Å²) in [6, 6.07) is 10.4. The number of piperidine rings is 1. The average Bonchev–Trinajstić information content (AvgIpc) is 3.42. The number of fused-ring (bicyclic) bond motifs is 3. The van der Waals surface area contributed by atoms with Gasteiger partial charge in [-0.2, -0.15) is 13.2 Å². The highest BCUT2D eigenvalue weighted by atomic mass is 19.4. The highest BCUT2D eigenvalue weighted by Crippen LogP contribution is 2.43. The molecule has 3 aromatic rings. The lowest BCUT2D eigenvalue weighted by molar-refractivity contribution is -0.137. The molecule has 2 fully saturated rings. The number of alkyl halides is 3. The van der Waals surface area contributed by atoms with Crippen molar-refractivity contribution in [3.8, 4) is 0 Å². The molecule has 0 spiro atoms. The number of aromatic nitrogens is 2. The maximum absolute atomic E-state index is 12.7. The number of hydrogen-bond donors (Lipinski definition) is 3. The second-order valence-electron chi connectivity index (χ2n) is 7.95. The molecule has 1 aliphatic heterocycles. The fraction of sp³-hybridized carbons (Fsp3) is 0.381. The van der Waals surface area contributed by atoms with Crippen LogP contribution in [0.4, 0.5) is 19.0 Å². The van der Waals surface area contributed by atoms with Crippen LogP contribution in [0.15, 0.2) is 48.8 Å². The van der Waals surface area contributed by atoms with Gasteiger partial charge in [-0.1, -0.05) is 18.2 Å². The molecule has 8 heteroatoms. The molecule has 4 unspecified atom stereocenters. The van der Waals surface area contributed by atoms with Crippen molar-refractivity contribution in [2.24, 2.45) is 5.92 Å². The maximum atomic E-state index is 12.7. The van der Waals surface area contributed by atoms with E-state index in [1.165, 1.54) is 6.07 Å². The number of rotatable bonds is 4. The fourth-order valence-corrected chi connectivity index (χ4v) is 4.84. The molecule has 1 saturated carbocycles. The summed E-state index contributed by atoms with van der Waals surface area (Å²) in [7, 11) is 0. The summed E-state index contributed by atoms with van der Waals surface area (Å²) in [6.45, 7) is 0.807. The van der Waals surface area contributed by atoms with Crippen molar-refractivity contribution >= 4 is 16.7 Å². The van der Waals surface area contributed by atoms with Gasteiger partial charge in [0.2, 0.25) is 0 Å². The van der Waals surface area contributed by atoms with E-state index in [1.54, 1.807) is 0 Å². The Morgan fingerprint density at radius 2 is 2.03 bits per heavy atom. The van der Waals surface area contributed by atoms with Crippen LogP contribution in [0.1, 0.15) is 30.2 Å². The van der Waals surface area contributed by atoms with E-state index in [0.717, 1.165) is 48.1 Å². The van der Waals surface area contributed by atoms with Crippen molar-refractivity contribution in [2.45, 2.75) is 37.3 Å². The summed E-state index contributed by atoms with van der Waals surface area (Å²) >= 11 is 0. The predicted molar refractivity (Wildman–Crippen MR) is 103 cm³/mol. The molecule has 1 saturated heterocycles. The topological polar surface area (TPSA) is 64.2 Å². The van der Waals surface area contributed by atoms with Crippen molar-refractivity contribution in [1.82, 2.24) is 14.9 Å². The number of aliphatic hydroxyl groups excluding tert-OH is 1. The van der Waals surface area contributed by atoms with Gasteiger partial charge in [0.25, 0.3) is 0 Å². The zero-order valence-corrected chi connectivity index (χ0v) is 15.5. The second kappa shape index (κ2) is 6.74. The van der Waals surface area contributed by atoms with Crippen LogP contribution < -0.4 is 5.32 Å². The summed E-state index contributed by atoms with van der Waals surface area (Å²) in [4.78, 5) is 9.23. The van der Waals surface area contributed by atoms with Gasteiger partial charge in [0.05, 0.1) is 11.1 Å². The Morgan fingerprint density at radius 3 is 2.76 bits per heavy atom. The molecule has 0 amide bonds. The summed E-state index contributed by atoms with van der Waals surface area (Å²) in [5.41, 5.74) is 1.01. The van der Waals surface area contributed by atoms with E-state index in [1.807, 2.05) is 30.5 Å². The standard InChI is InChI=1S/C21H21F3N4O/c22-21(23,24)14-4-5-18(26-10-14)27-16-8-12-9-17(16)28(11-12)20(29)15-3-1-2-13-6-7-25-19(13)15/h1-7,10,12,16-17,20,25,29H,8-9,11H2,(H,26,27). The largest absolute Gasteiger partial charge is 0.417 e. The van der Waals surface area contributed by atoms with Gasteiger partial charge in [0, 0.05) is 36.6 Å². The number of pyridine rings is 1. The summed E-state index contributed by atoms with van der Waals surface area (Å²) in [5, 5.41) is 15.4. The number of benzene rings is 1. The van der Waals surface area contributed by atoms with E-state index < -0.39 is 18.0 Å². The molecule has 2 bridgehead atoms. The summed E-state index contributed by atoms with van der Waals surface area (Å²) < 4.78 is 38.2. The third-order valence-corrected chi connectivity index (χ3v) is 6.16. The molecule has 2 aliphatic rings. The molecule has 29 heavy (non-hydrogen) atoms. The number of halogens is 3. The first-order valence-corrected chi connectivity index (χ1v) is 9.70. The minimum absolute atomic E-state index is 0.0375. The van der Waals surface area contributed by atoms with Crippen LogP contribution in [-0.4, -0.2) is 38.6 Å². The molecule has 1 aromatic carbocycles. The second-order valence-corrected chi connectivity index (χ2v) is 7.95. The Morgan fingerprint density at radius 1 is 1.17 bits per heavy atom. The third kappa shape index (κ3) is 3.26. The highest BCUT2D eigenvalue weighted by molar-refractivity contribution is 5.82. The van der Waals surface area contributed by atoms with Crippen molar-refractivity contribution in [3.05, 3.63) is 59.9 Å². The van der Waals surface area contributed by atoms with Gasteiger partial charge in [0.1, 0.15) is 12.0 Å². The summed E-state index contributed by atoms with van der Waals surface area (Å²) in [6.07, 6.45) is -0.541. The number of anilines is 1. The third-order valence-electron chi connectivity index (χ3n) is 6.16. The number of H-pyrrole nitrogens is 1. The Labute approximate surface area is 165 Å². The summed E-state index contributed by atoms with van der Waals surface area (Å²) in [5.74, 6) is 0.876. The van der Waals surface area contributed by atoms with Gasteiger partial charge in [-0.05, 0) is 42.3 Å². The molecule has 1 aliphatic carbocycles. The number of likely N-dealkylation sites (tertiary alicyclic amines) is 1. The van der Waals surface area contributed by atoms with Crippen LogP contribution in [0.25, 0.3) is 10.9 Å². The van der Waals surface area contributed by atoms with E-state index >= 15 is 0 Å². The normalized spacial score (nSPS) is 25.6. The SMILES string of the molecule is OC(c1cccc2cc[nH]c12)N1CC2CC(Nc3ccc(C(F)(F)F)cn3)C1C2. The van der Waals surface area contributed by atoms with Crippen LogP contribution in [0.2, 0.25) is 0 Å². The molecule has 3 N–H and O–H groups in total. The Bertz CT molecular complexity index is 1020. The first kappa shape index (κ1) is 18.4. The predicted octanol–water partition coefficient (Wildman–Crippen LogP) is 4.15. The van der Waals surface area contributed by atoms with E-state index in [-0.39, 0.29) is 12.1 Å². The van der Waals surface area contributed by atoms with Gasteiger partial charge in [-0.25, -0.2) is 4.98 Å². The van der Waals surface area contributed by atoms with Crippen molar-refractivity contribution in [3.63, 3.8) is 0 Å². The lowest BCUT2D eigenvalue weighted by atomic mass is 10.0. The monoisotopic (exact) mass is 402 g/mol. The zero-order chi connectivity index (χ0) is 20.2. The molecule has 4 atom stereocenters. The minimum Gasteiger partial charge on any atom is -0.374 e. The number of aromatic amines is 1. The lowest BCUT2D eigenvalue weighted by Gasteiger charge is -2.37. The zero-order valence-electron chi connectivity index (χ0n) is 15.5. The first-order valence-electron chi connectivity index (χ1n) is 9.70. The number of hydrogen-bond acceptors (Lipinski definition) is 4. The Kier molecular flexibility index (Phi) is 4.29.